The van der Waals surface area contributed by atoms with Gasteiger partial charge in [0.25, 0.3) is 0 Å². The number of allylic oxidation sites excluding steroid dienone is 2. The molecule has 0 spiro atoms. The molecule has 1 aromatic heterocycles. The van der Waals surface area contributed by atoms with Gasteiger partial charge in [0.1, 0.15) is 12.2 Å². The maximum absolute atomic E-state index is 12.3. The van der Waals surface area contributed by atoms with Crippen molar-refractivity contribution in [2.45, 2.75) is 25.8 Å². The Bertz CT molecular complexity index is 1090. The van der Waals surface area contributed by atoms with Crippen LogP contribution in [0.4, 0.5) is 0 Å². The SMILES string of the molecule is O=C(C1CC1)N1CC[C@@H](Cn2cnnc2-c2ccc(C3=CC4=NCCN4C=C3)cc2)C1. The Hall–Kier alpha value is -3.22. The molecule has 7 heteroatoms. The summed E-state index contributed by atoms with van der Waals surface area (Å²) >= 11 is 0. The molecular weight excluding hydrogens is 388 g/mol. The van der Waals surface area contributed by atoms with Crippen molar-refractivity contribution in [3.63, 3.8) is 0 Å². The lowest BCUT2D eigenvalue weighted by molar-refractivity contribution is -0.131. The highest BCUT2D eigenvalue weighted by atomic mass is 16.2. The summed E-state index contributed by atoms with van der Waals surface area (Å²) in [5, 5.41) is 8.55. The van der Waals surface area contributed by atoms with E-state index in [4.69, 9.17) is 0 Å². The molecule has 7 nitrogen and oxygen atoms in total. The van der Waals surface area contributed by atoms with Crippen LogP contribution in [-0.2, 0) is 11.3 Å². The van der Waals surface area contributed by atoms with E-state index in [0.717, 1.165) is 69.2 Å². The van der Waals surface area contributed by atoms with Crippen LogP contribution >= 0.6 is 0 Å². The van der Waals surface area contributed by atoms with Crippen molar-refractivity contribution in [2.75, 3.05) is 26.2 Å². The van der Waals surface area contributed by atoms with Gasteiger partial charge in [0.15, 0.2) is 5.82 Å². The van der Waals surface area contributed by atoms with E-state index < -0.39 is 0 Å². The van der Waals surface area contributed by atoms with Gasteiger partial charge in [0, 0.05) is 43.9 Å². The number of fused-ring (bicyclic) bond motifs is 1. The van der Waals surface area contributed by atoms with Gasteiger partial charge in [-0.25, -0.2) is 0 Å². The molecule has 1 atom stereocenters. The molecule has 31 heavy (non-hydrogen) atoms. The predicted octanol–water partition coefficient (Wildman–Crippen LogP) is 2.83. The Kier molecular flexibility index (Phi) is 4.47. The third kappa shape index (κ3) is 3.58. The molecule has 1 saturated carbocycles. The largest absolute Gasteiger partial charge is 0.342 e. The van der Waals surface area contributed by atoms with E-state index in [2.05, 4.69) is 72.2 Å². The van der Waals surface area contributed by atoms with E-state index >= 15 is 0 Å². The smallest absolute Gasteiger partial charge is 0.225 e. The highest BCUT2D eigenvalue weighted by Crippen LogP contribution is 2.33. The fourth-order valence-electron chi connectivity index (χ4n) is 4.77. The molecule has 0 N–H and O–H groups in total. The van der Waals surface area contributed by atoms with Gasteiger partial charge in [-0.1, -0.05) is 24.3 Å². The third-order valence-corrected chi connectivity index (χ3v) is 6.70. The third-order valence-electron chi connectivity index (χ3n) is 6.70. The topological polar surface area (TPSA) is 66.6 Å². The Labute approximate surface area is 181 Å². The molecule has 0 bridgehead atoms. The number of hydrogen-bond acceptors (Lipinski definition) is 5. The van der Waals surface area contributed by atoms with Crippen molar-refractivity contribution < 1.29 is 4.79 Å². The van der Waals surface area contributed by atoms with Gasteiger partial charge < -0.3 is 14.4 Å². The van der Waals surface area contributed by atoms with Crippen molar-refractivity contribution in [1.29, 1.82) is 0 Å². The fraction of sp³-hybridized carbons (Fsp3) is 0.417. The first-order valence-electron chi connectivity index (χ1n) is 11.2. The van der Waals surface area contributed by atoms with Gasteiger partial charge in [-0.15, -0.1) is 10.2 Å². The van der Waals surface area contributed by atoms with Crippen LogP contribution < -0.4 is 0 Å². The van der Waals surface area contributed by atoms with Crippen molar-refractivity contribution >= 4 is 17.3 Å². The fourth-order valence-corrected chi connectivity index (χ4v) is 4.77. The number of rotatable bonds is 5. The Morgan fingerprint density at radius 2 is 1.90 bits per heavy atom. The van der Waals surface area contributed by atoms with Crippen LogP contribution in [0.15, 0.2) is 53.9 Å². The molecule has 6 rings (SSSR count). The van der Waals surface area contributed by atoms with Crippen LogP contribution in [0.2, 0.25) is 0 Å². The molecule has 3 aliphatic heterocycles. The van der Waals surface area contributed by atoms with E-state index in [1.165, 1.54) is 11.1 Å². The molecule has 1 aromatic carbocycles. The van der Waals surface area contributed by atoms with Crippen molar-refractivity contribution in [1.82, 2.24) is 24.6 Å². The maximum Gasteiger partial charge on any atom is 0.225 e. The average molecular weight is 415 g/mol. The first-order valence-corrected chi connectivity index (χ1v) is 11.2. The van der Waals surface area contributed by atoms with Crippen LogP contribution in [0.5, 0.6) is 0 Å². The highest BCUT2D eigenvalue weighted by Gasteiger charge is 2.36. The normalized spacial score (nSPS) is 22.5. The summed E-state index contributed by atoms with van der Waals surface area (Å²) in [6.07, 6.45) is 11.4. The molecule has 0 unspecified atom stereocenters. The number of benzene rings is 1. The maximum atomic E-state index is 12.3. The minimum Gasteiger partial charge on any atom is -0.342 e. The summed E-state index contributed by atoms with van der Waals surface area (Å²) in [6, 6.07) is 8.51. The Morgan fingerprint density at radius 1 is 1.06 bits per heavy atom. The highest BCUT2D eigenvalue weighted by molar-refractivity contribution is 6.04. The summed E-state index contributed by atoms with van der Waals surface area (Å²) in [7, 11) is 0. The molecule has 0 radical (unpaired) electrons. The van der Waals surface area contributed by atoms with E-state index in [1.807, 2.05) is 6.33 Å². The van der Waals surface area contributed by atoms with Gasteiger partial charge in [-0.2, -0.15) is 0 Å². The Morgan fingerprint density at radius 3 is 2.74 bits per heavy atom. The number of amidine groups is 1. The number of carbonyl (C=O) groups is 1. The average Bonchev–Trinajstić information content (AvgIpc) is 3.17. The number of carbonyl (C=O) groups excluding carboxylic acids is 1. The second-order valence-electron chi connectivity index (χ2n) is 8.95. The summed E-state index contributed by atoms with van der Waals surface area (Å²) < 4.78 is 2.13. The minimum absolute atomic E-state index is 0.306. The minimum atomic E-state index is 0.306. The second kappa shape index (κ2) is 7.48. The predicted molar refractivity (Wildman–Crippen MR) is 119 cm³/mol. The lowest BCUT2D eigenvalue weighted by Gasteiger charge is -2.18. The number of aliphatic imine (C=N–C) groups is 1. The van der Waals surface area contributed by atoms with Gasteiger partial charge in [0.2, 0.25) is 5.91 Å². The summed E-state index contributed by atoms with van der Waals surface area (Å²) in [4.78, 5) is 21.1. The van der Waals surface area contributed by atoms with Crippen molar-refractivity contribution in [3.8, 4) is 11.4 Å². The zero-order valence-electron chi connectivity index (χ0n) is 17.5. The summed E-state index contributed by atoms with van der Waals surface area (Å²) in [5.41, 5.74) is 3.41. The summed E-state index contributed by atoms with van der Waals surface area (Å²) in [6.45, 7) is 4.43. The molecule has 4 aliphatic rings. The molecule has 1 aliphatic carbocycles. The lowest BCUT2D eigenvalue weighted by atomic mass is 10.0. The molecule has 1 saturated heterocycles. The van der Waals surface area contributed by atoms with Crippen molar-refractivity contribution in [2.24, 2.45) is 16.8 Å². The molecule has 2 aromatic rings. The van der Waals surface area contributed by atoms with E-state index in [9.17, 15) is 4.79 Å². The monoisotopic (exact) mass is 414 g/mol. The van der Waals surface area contributed by atoms with E-state index in [-0.39, 0.29) is 0 Å². The zero-order valence-corrected chi connectivity index (χ0v) is 17.5. The van der Waals surface area contributed by atoms with Gasteiger partial charge >= 0.3 is 0 Å². The number of amides is 1. The quantitative estimate of drug-likeness (QED) is 0.755. The van der Waals surface area contributed by atoms with Gasteiger partial charge in [0.05, 0.1) is 6.54 Å². The van der Waals surface area contributed by atoms with Crippen molar-refractivity contribution in [3.05, 3.63) is 54.5 Å². The van der Waals surface area contributed by atoms with Crippen LogP contribution in [0.1, 0.15) is 24.8 Å². The van der Waals surface area contributed by atoms with Crippen LogP contribution in [0.3, 0.4) is 0 Å². The number of nitrogens with zero attached hydrogens (tertiary/aromatic N) is 6. The number of aromatic nitrogens is 3. The second-order valence-corrected chi connectivity index (χ2v) is 8.95. The lowest BCUT2D eigenvalue weighted by Crippen LogP contribution is -2.30. The van der Waals surface area contributed by atoms with Crippen LogP contribution in [0, 0.1) is 11.8 Å². The number of hydrogen-bond donors (Lipinski definition) is 0. The molecule has 1 amide bonds. The summed E-state index contributed by atoms with van der Waals surface area (Å²) in [5.74, 6) is 3.06. The zero-order chi connectivity index (χ0) is 20.8. The van der Waals surface area contributed by atoms with Crippen LogP contribution in [-0.4, -0.2) is 62.5 Å². The first-order chi connectivity index (χ1) is 15.2. The first kappa shape index (κ1) is 18.5. The molecular formula is C24H26N6O. The van der Waals surface area contributed by atoms with E-state index in [0.29, 0.717) is 17.7 Å². The van der Waals surface area contributed by atoms with Gasteiger partial charge in [-0.05, 0) is 48.5 Å². The molecule has 158 valence electrons. The van der Waals surface area contributed by atoms with Gasteiger partial charge in [-0.3, -0.25) is 9.79 Å². The molecule has 2 fully saturated rings. The number of likely N-dealkylation sites (tertiary alicyclic amines) is 1. The van der Waals surface area contributed by atoms with Crippen LogP contribution in [0.25, 0.3) is 17.0 Å². The Balaban J connectivity index is 1.16. The molecule has 4 heterocycles. The standard InChI is InChI=1S/C24H26N6O/c31-24(20-5-6-20)29-10-7-17(14-29)15-30-16-26-27-23(30)19-3-1-18(2-4-19)21-8-11-28-12-9-25-22(28)13-21/h1-4,8,11,13,16-17,20H,5-7,9-10,12,14-15H2/t17-/m1/s1. The van der Waals surface area contributed by atoms with E-state index in [1.54, 1.807) is 0 Å².